The van der Waals surface area contributed by atoms with E-state index in [1.165, 1.54) is 12.8 Å². The fourth-order valence-electron chi connectivity index (χ4n) is 1.62. The predicted molar refractivity (Wildman–Crippen MR) is 67.9 cm³/mol. The third-order valence-corrected chi connectivity index (χ3v) is 2.55. The zero-order valence-corrected chi connectivity index (χ0v) is 10.0. The molecule has 88 valence electrons. The summed E-state index contributed by atoms with van der Waals surface area (Å²) in [7, 11) is 0. The number of hydrogen-bond donors (Lipinski definition) is 1. The van der Waals surface area contributed by atoms with Gasteiger partial charge >= 0.3 is 0 Å². The summed E-state index contributed by atoms with van der Waals surface area (Å²) >= 11 is 0. The SMILES string of the molecule is CCCCCCC(=O)NC1=CC=CC=CC1. The van der Waals surface area contributed by atoms with Gasteiger partial charge in [0.25, 0.3) is 0 Å². The second kappa shape index (κ2) is 7.91. The Balaban J connectivity index is 2.21. The van der Waals surface area contributed by atoms with Crippen molar-refractivity contribution in [2.45, 2.75) is 45.4 Å². The highest BCUT2D eigenvalue weighted by Crippen LogP contribution is 2.06. The molecule has 0 bridgehead atoms. The van der Waals surface area contributed by atoms with Crippen LogP contribution in [0.4, 0.5) is 0 Å². The standard InChI is InChI=1S/C14H21NO/c1-2-3-4-9-12-14(16)15-13-10-7-5-6-8-11-13/h5-8,10H,2-4,9,11-12H2,1H3,(H,15,16). The van der Waals surface area contributed by atoms with Gasteiger partial charge in [-0.15, -0.1) is 0 Å². The minimum atomic E-state index is 0.144. The quantitative estimate of drug-likeness (QED) is 0.681. The molecule has 1 aliphatic carbocycles. The van der Waals surface area contributed by atoms with Crippen LogP contribution in [0.15, 0.2) is 36.1 Å². The number of hydrogen-bond acceptors (Lipinski definition) is 1. The lowest BCUT2D eigenvalue weighted by Gasteiger charge is -2.06. The van der Waals surface area contributed by atoms with Gasteiger partial charge < -0.3 is 5.32 Å². The molecule has 2 heteroatoms. The molecule has 0 heterocycles. The molecule has 0 spiro atoms. The predicted octanol–water partition coefficient (Wildman–Crippen LogP) is 3.47. The molecule has 1 rings (SSSR count). The molecule has 0 radical (unpaired) electrons. The highest BCUT2D eigenvalue weighted by atomic mass is 16.1. The van der Waals surface area contributed by atoms with Crippen molar-refractivity contribution in [1.29, 1.82) is 0 Å². The lowest BCUT2D eigenvalue weighted by molar-refractivity contribution is -0.120. The second-order valence-electron chi connectivity index (χ2n) is 4.07. The van der Waals surface area contributed by atoms with Crippen molar-refractivity contribution in [3.63, 3.8) is 0 Å². The van der Waals surface area contributed by atoms with Gasteiger partial charge in [0.15, 0.2) is 0 Å². The lowest BCUT2D eigenvalue weighted by Crippen LogP contribution is -2.21. The van der Waals surface area contributed by atoms with Crippen LogP contribution in [0.1, 0.15) is 45.4 Å². The average Bonchev–Trinajstić information content (AvgIpc) is 2.53. The van der Waals surface area contributed by atoms with Crippen molar-refractivity contribution in [2.75, 3.05) is 0 Å². The zero-order valence-electron chi connectivity index (χ0n) is 10.0. The highest BCUT2D eigenvalue weighted by Gasteiger charge is 2.03. The number of carbonyl (C=O) groups excluding carboxylic acids is 1. The van der Waals surface area contributed by atoms with Crippen LogP contribution in [0, 0.1) is 0 Å². The maximum atomic E-state index is 11.6. The molecule has 0 saturated heterocycles. The summed E-state index contributed by atoms with van der Waals surface area (Å²) in [4.78, 5) is 11.6. The number of rotatable bonds is 6. The van der Waals surface area contributed by atoms with E-state index in [1.807, 2.05) is 30.4 Å². The molecule has 2 nitrogen and oxygen atoms in total. The van der Waals surface area contributed by atoms with E-state index in [-0.39, 0.29) is 5.91 Å². The van der Waals surface area contributed by atoms with Gasteiger partial charge in [-0.2, -0.15) is 0 Å². The van der Waals surface area contributed by atoms with E-state index in [0.717, 1.165) is 25.0 Å². The van der Waals surface area contributed by atoms with Crippen LogP contribution in [-0.4, -0.2) is 5.91 Å². The number of unbranched alkanes of at least 4 members (excludes halogenated alkanes) is 3. The molecule has 0 fully saturated rings. The number of nitrogens with one attached hydrogen (secondary N) is 1. The smallest absolute Gasteiger partial charge is 0.224 e. The molecule has 0 aromatic rings. The van der Waals surface area contributed by atoms with E-state index in [0.29, 0.717) is 6.42 Å². The number of amides is 1. The van der Waals surface area contributed by atoms with E-state index in [1.54, 1.807) is 0 Å². The molecule has 0 unspecified atom stereocenters. The molecular weight excluding hydrogens is 198 g/mol. The molecular formula is C14H21NO. The average molecular weight is 219 g/mol. The van der Waals surface area contributed by atoms with E-state index in [4.69, 9.17) is 0 Å². The molecule has 1 aliphatic rings. The summed E-state index contributed by atoms with van der Waals surface area (Å²) in [6.45, 7) is 2.18. The Labute approximate surface area is 98.1 Å². The summed E-state index contributed by atoms with van der Waals surface area (Å²) in [6, 6.07) is 0. The van der Waals surface area contributed by atoms with Gasteiger partial charge in [0.2, 0.25) is 5.91 Å². The first kappa shape index (κ1) is 12.8. The minimum absolute atomic E-state index is 0.144. The van der Waals surface area contributed by atoms with Crippen LogP contribution >= 0.6 is 0 Å². The molecule has 0 atom stereocenters. The summed E-state index contributed by atoms with van der Waals surface area (Å²) in [6.07, 6.45) is 16.0. The van der Waals surface area contributed by atoms with Crippen molar-refractivity contribution >= 4 is 5.91 Å². The van der Waals surface area contributed by atoms with E-state index in [2.05, 4.69) is 12.2 Å². The van der Waals surface area contributed by atoms with Crippen LogP contribution in [0.2, 0.25) is 0 Å². The van der Waals surface area contributed by atoms with Gasteiger partial charge in [0.1, 0.15) is 0 Å². The molecule has 0 aliphatic heterocycles. The van der Waals surface area contributed by atoms with Crippen LogP contribution in [0.5, 0.6) is 0 Å². The first-order chi connectivity index (χ1) is 7.83. The van der Waals surface area contributed by atoms with Crippen molar-refractivity contribution in [1.82, 2.24) is 5.32 Å². The highest BCUT2D eigenvalue weighted by molar-refractivity contribution is 5.77. The lowest BCUT2D eigenvalue weighted by atomic mass is 10.1. The van der Waals surface area contributed by atoms with Gasteiger partial charge in [0, 0.05) is 18.5 Å². The number of carbonyl (C=O) groups is 1. The van der Waals surface area contributed by atoms with E-state index in [9.17, 15) is 4.79 Å². The van der Waals surface area contributed by atoms with E-state index >= 15 is 0 Å². The van der Waals surface area contributed by atoms with Gasteiger partial charge in [-0.1, -0.05) is 50.5 Å². The fourth-order valence-corrected chi connectivity index (χ4v) is 1.62. The molecule has 0 aromatic carbocycles. The fraction of sp³-hybridized carbons (Fsp3) is 0.500. The van der Waals surface area contributed by atoms with Crippen molar-refractivity contribution < 1.29 is 4.79 Å². The summed E-state index contributed by atoms with van der Waals surface area (Å²) in [5, 5.41) is 2.96. The monoisotopic (exact) mass is 219 g/mol. The van der Waals surface area contributed by atoms with Gasteiger partial charge in [-0.05, 0) is 12.5 Å². The van der Waals surface area contributed by atoms with Crippen LogP contribution in [-0.2, 0) is 4.79 Å². The third-order valence-electron chi connectivity index (χ3n) is 2.55. The molecule has 1 N–H and O–H groups in total. The largest absolute Gasteiger partial charge is 0.329 e. The Morgan fingerprint density at radius 1 is 1.25 bits per heavy atom. The topological polar surface area (TPSA) is 29.1 Å². The van der Waals surface area contributed by atoms with Crippen LogP contribution in [0.3, 0.4) is 0 Å². The Kier molecular flexibility index (Phi) is 6.31. The molecule has 0 saturated carbocycles. The van der Waals surface area contributed by atoms with Gasteiger partial charge in [0.05, 0.1) is 0 Å². The van der Waals surface area contributed by atoms with Crippen molar-refractivity contribution in [3.05, 3.63) is 36.1 Å². The maximum absolute atomic E-state index is 11.6. The zero-order chi connectivity index (χ0) is 11.6. The Morgan fingerprint density at radius 3 is 2.94 bits per heavy atom. The third kappa shape index (κ3) is 5.54. The first-order valence-corrected chi connectivity index (χ1v) is 6.15. The summed E-state index contributed by atoms with van der Waals surface area (Å²) in [5.74, 6) is 0.144. The maximum Gasteiger partial charge on any atom is 0.224 e. The molecule has 16 heavy (non-hydrogen) atoms. The number of allylic oxidation sites excluding steroid dienone is 5. The summed E-state index contributed by atoms with van der Waals surface area (Å²) < 4.78 is 0. The van der Waals surface area contributed by atoms with Crippen LogP contribution < -0.4 is 5.32 Å². The Morgan fingerprint density at radius 2 is 2.12 bits per heavy atom. The Bertz CT molecular complexity index is 300. The minimum Gasteiger partial charge on any atom is -0.329 e. The van der Waals surface area contributed by atoms with Crippen LogP contribution in [0.25, 0.3) is 0 Å². The van der Waals surface area contributed by atoms with Gasteiger partial charge in [-0.25, -0.2) is 0 Å². The van der Waals surface area contributed by atoms with Gasteiger partial charge in [-0.3, -0.25) is 4.79 Å². The summed E-state index contributed by atoms with van der Waals surface area (Å²) in [5.41, 5.74) is 0.991. The van der Waals surface area contributed by atoms with Crippen molar-refractivity contribution in [2.24, 2.45) is 0 Å². The van der Waals surface area contributed by atoms with Crippen molar-refractivity contribution in [3.8, 4) is 0 Å². The normalized spacial score (nSPS) is 14.4. The first-order valence-electron chi connectivity index (χ1n) is 6.15. The molecule has 0 aromatic heterocycles. The molecule has 1 amide bonds. The Hall–Kier alpha value is -1.31. The second-order valence-corrected chi connectivity index (χ2v) is 4.07. The van der Waals surface area contributed by atoms with E-state index < -0.39 is 0 Å².